The summed E-state index contributed by atoms with van der Waals surface area (Å²) in [6.45, 7) is 0. The molecule has 3 aliphatic rings. The third-order valence-electron chi connectivity index (χ3n) is 8.27. The number of hydrogen-bond acceptors (Lipinski definition) is 4. The molecule has 3 fully saturated rings. The molecule has 2 unspecified atom stereocenters. The summed E-state index contributed by atoms with van der Waals surface area (Å²) in [7, 11) is 1.80. The van der Waals surface area contributed by atoms with Gasteiger partial charge in [0.1, 0.15) is 11.5 Å². The molecule has 1 amide bonds. The number of aromatic nitrogens is 2. The van der Waals surface area contributed by atoms with Gasteiger partial charge in [-0.2, -0.15) is 0 Å². The number of anilines is 1. The average Bonchev–Trinajstić information content (AvgIpc) is 3.42. The maximum absolute atomic E-state index is 13.5. The number of imidazole rings is 1. The highest BCUT2D eigenvalue weighted by Crippen LogP contribution is 2.57. The van der Waals surface area contributed by atoms with Crippen LogP contribution in [0.25, 0.3) is 0 Å². The first-order chi connectivity index (χ1) is 15.7. The van der Waals surface area contributed by atoms with E-state index < -0.39 is 11.4 Å². The van der Waals surface area contributed by atoms with E-state index in [2.05, 4.69) is 10.3 Å². The highest BCUT2D eigenvalue weighted by molar-refractivity contribution is 6.31. The molecule has 8 heteroatoms. The van der Waals surface area contributed by atoms with Crippen molar-refractivity contribution in [3.05, 3.63) is 46.8 Å². The molecule has 1 aromatic heterocycles. The Morgan fingerprint density at radius 2 is 1.88 bits per heavy atom. The quantitative estimate of drug-likeness (QED) is 0.600. The molecule has 178 valence electrons. The number of carbonyl (C=O) groups excluding carboxylic acids is 1. The minimum atomic E-state index is -0.618. The second-order valence-corrected chi connectivity index (χ2v) is 10.8. The van der Waals surface area contributed by atoms with Gasteiger partial charge < -0.3 is 20.1 Å². The van der Waals surface area contributed by atoms with Gasteiger partial charge in [-0.3, -0.25) is 4.79 Å². The van der Waals surface area contributed by atoms with Crippen LogP contribution in [0.5, 0.6) is 0 Å². The van der Waals surface area contributed by atoms with Crippen LogP contribution in [0.1, 0.15) is 73.5 Å². The Morgan fingerprint density at radius 3 is 2.52 bits per heavy atom. The number of hydrogen-bond donors (Lipinski definition) is 3. The summed E-state index contributed by atoms with van der Waals surface area (Å²) in [6, 6.07) is 4.12. The number of rotatable bonds is 4. The number of aliphatic hydroxyl groups excluding tert-OH is 1. The lowest BCUT2D eigenvalue weighted by Crippen LogP contribution is -2.39. The maximum Gasteiger partial charge on any atom is 0.274 e. The van der Waals surface area contributed by atoms with Gasteiger partial charge in [-0.25, -0.2) is 9.37 Å². The van der Waals surface area contributed by atoms with Gasteiger partial charge >= 0.3 is 0 Å². The van der Waals surface area contributed by atoms with Gasteiger partial charge in [-0.05, 0) is 87.3 Å². The van der Waals surface area contributed by atoms with Crippen molar-refractivity contribution in [3.63, 3.8) is 0 Å². The van der Waals surface area contributed by atoms with Crippen LogP contribution in [0.15, 0.2) is 24.5 Å². The molecule has 0 spiro atoms. The predicted octanol–water partition coefficient (Wildman–Crippen LogP) is 4.65. The Bertz CT molecular complexity index is 1040. The van der Waals surface area contributed by atoms with E-state index in [9.17, 15) is 19.4 Å². The third-order valence-corrected chi connectivity index (χ3v) is 8.56. The molecule has 3 saturated carbocycles. The average molecular weight is 476 g/mol. The molecule has 0 aliphatic heterocycles. The van der Waals surface area contributed by atoms with E-state index in [1.807, 2.05) is 0 Å². The van der Waals surface area contributed by atoms with Crippen molar-refractivity contribution in [2.45, 2.75) is 69.0 Å². The summed E-state index contributed by atoms with van der Waals surface area (Å²) < 4.78 is 15.2. The molecular weight excluding hydrogens is 445 g/mol. The minimum absolute atomic E-state index is 0.0402. The maximum atomic E-state index is 13.5. The summed E-state index contributed by atoms with van der Waals surface area (Å²) >= 11 is 5.85. The first-order valence-electron chi connectivity index (χ1n) is 11.9. The normalized spacial score (nSPS) is 33.8. The van der Waals surface area contributed by atoms with Gasteiger partial charge in [-0.15, -0.1) is 0 Å². The second-order valence-electron chi connectivity index (χ2n) is 10.4. The summed E-state index contributed by atoms with van der Waals surface area (Å²) in [5.74, 6) is 0.501. The number of halogens is 2. The van der Waals surface area contributed by atoms with Crippen molar-refractivity contribution >= 4 is 23.2 Å². The molecule has 3 N–H and O–H groups in total. The van der Waals surface area contributed by atoms with Gasteiger partial charge in [0.25, 0.3) is 5.91 Å². The molecule has 1 aromatic carbocycles. The number of carbonyl (C=O) groups is 1. The van der Waals surface area contributed by atoms with Crippen LogP contribution in [0, 0.1) is 23.6 Å². The van der Waals surface area contributed by atoms with E-state index in [-0.39, 0.29) is 28.9 Å². The number of fused-ring (bicyclic) bond motifs is 1. The van der Waals surface area contributed by atoms with Crippen LogP contribution in [-0.2, 0) is 7.05 Å². The van der Waals surface area contributed by atoms with Crippen LogP contribution < -0.4 is 5.32 Å². The number of aryl methyl sites for hydroxylation is 1. The number of nitrogens with zero attached hydrogens (tertiary/aromatic N) is 2. The van der Waals surface area contributed by atoms with E-state index >= 15 is 0 Å². The number of amides is 1. The topological polar surface area (TPSA) is 87.4 Å². The van der Waals surface area contributed by atoms with Crippen molar-refractivity contribution in [1.82, 2.24) is 9.55 Å². The second kappa shape index (κ2) is 8.67. The fourth-order valence-electron chi connectivity index (χ4n) is 6.66. The summed E-state index contributed by atoms with van der Waals surface area (Å²) in [6.07, 6.45) is 8.28. The summed E-state index contributed by atoms with van der Waals surface area (Å²) in [5.41, 5.74) is 1.12. The number of benzene rings is 1. The van der Waals surface area contributed by atoms with Crippen molar-refractivity contribution in [2.24, 2.45) is 24.8 Å². The van der Waals surface area contributed by atoms with E-state index in [0.29, 0.717) is 23.2 Å². The lowest BCUT2D eigenvalue weighted by molar-refractivity contribution is -0.0480. The Hall–Kier alpha value is -1.96. The molecule has 6 nitrogen and oxygen atoms in total. The molecule has 0 saturated heterocycles. The summed E-state index contributed by atoms with van der Waals surface area (Å²) in [4.78, 5) is 17.7. The lowest BCUT2D eigenvalue weighted by atomic mass is 9.74. The molecule has 0 radical (unpaired) electrons. The molecular formula is C25H31ClFN3O3. The molecule has 33 heavy (non-hydrogen) atoms. The SMILES string of the molecule is Cn1cnc(C2CC3CC(O)(C4CCC(O)CC4)CC3C2)c1C(=O)Nc1ccc(F)c(Cl)c1. The van der Waals surface area contributed by atoms with Gasteiger partial charge in [-0.1, -0.05) is 11.6 Å². The smallest absolute Gasteiger partial charge is 0.274 e. The fraction of sp³-hybridized carbons (Fsp3) is 0.600. The van der Waals surface area contributed by atoms with Gasteiger partial charge in [0, 0.05) is 18.7 Å². The zero-order chi connectivity index (χ0) is 23.3. The first kappa shape index (κ1) is 22.8. The van der Waals surface area contributed by atoms with Gasteiger partial charge in [0.05, 0.1) is 28.7 Å². The van der Waals surface area contributed by atoms with Crippen molar-refractivity contribution in [2.75, 3.05) is 5.32 Å². The van der Waals surface area contributed by atoms with Crippen LogP contribution in [-0.4, -0.2) is 37.4 Å². The highest BCUT2D eigenvalue weighted by atomic mass is 35.5. The molecule has 2 atom stereocenters. The highest BCUT2D eigenvalue weighted by Gasteiger charge is 2.53. The molecule has 2 aromatic rings. The Labute approximate surface area is 198 Å². The van der Waals surface area contributed by atoms with Crippen LogP contribution in [0.2, 0.25) is 5.02 Å². The molecule has 5 rings (SSSR count). The fourth-order valence-corrected chi connectivity index (χ4v) is 6.84. The van der Waals surface area contributed by atoms with Gasteiger partial charge in [0.2, 0.25) is 0 Å². The van der Waals surface area contributed by atoms with Crippen LogP contribution in [0.4, 0.5) is 10.1 Å². The molecule has 0 bridgehead atoms. The van der Waals surface area contributed by atoms with E-state index in [1.54, 1.807) is 17.9 Å². The minimum Gasteiger partial charge on any atom is -0.393 e. The Balaban J connectivity index is 1.28. The van der Waals surface area contributed by atoms with Crippen molar-refractivity contribution in [1.29, 1.82) is 0 Å². The molecule has 3 aliphatic carbocycles. The standard InChI is InChI=1S/C25H31ClFN3O3/c1-30-13-28-22(23(30)24(32)29-18-4-7-21(27)20(26)10-18)14-8-15-11-25(33,12-16(15)9-14)17-2-5-19(31)6-3-17/h4,7,10,13-17,19,31,33H,2-3,5-6,8-9,11-12H2,1H3,(H,29,32). The molecule has 1 heterocycles. The van der Waals surface area contributed by atoms with E-state index in [4.69, 9.17) is 11.6 Å². The Kier molecular flexibility index (Phi) is 6.00. The van der Waals surface area contributed by atoms with E-state index in [0.717, 1.165) is 57.1 Å². The zero-order valence-corrected chi connectivity index (χ0v) is 19.6. The summed E-state index contributed by atoms with van der Waals surface area (Å²) in [5, 5.41) is 24.0. The van der Waals surface area contributed by atoms with Crippen LogP contribution >= 0.6 is 11.6 Å². The Morgan fingerprint density at radius 1 is 1.21 bits per heavy atom. The lowest BCUT2D eigenvalue weighted by Gasteiger charge is -2.37. The predicted molar refractivity (Wildman–Crippen MR) is 124 cm³/mol. The number of nitrogens with one attached hydrogen (secondary N) is 1. The van der Waals surface area contributed by atoms with Crippen LogP contribution in [0.3, 0.4) is 0 Å². The van der Waals surface area contributed by atoms with Crippen molar-refractivity contribution in [3.8, 4) is 0 Å². The van der Waals surface area contributed by atoms with Gasteiger partial charge in [0.15, 0.2) is 0 Å². The van der Waals surface area contributed by atoms with Crippen molar-refractivity contribution < 1.29 is 19.4 Å². The zero-order valence-electron chi connectivity index (χ0n) is 18.8. The number of aliphatic hydroxyl groups is 2. The monoisotopic (exact) mass is 475 g/mol. The largest absolute Gasteiger partial charge is 0.393 e. The van der Waals surface area contributed by atoms with E-state index in [1.165, 1.54) is 18.2 Å². The third kappa shape index (κ3) is 4.31. The first-order valence-corrected chi connectivity index (χ1v) is 12.3.